The van der Waals surface area contributed by atoms with Crippen molar-refractivity contribution >= 4 is 0 Å². The van der Waals surface area contributed by atoms with Gasteiger partial charge in [0.2, 0.25) is 0 Å². The van der Waals surface area contributed by atoms with Crippen LogP contribution in [-0.2, 0) is 0 Å². The van der Waals surface area contributed by atoms with E-state index >= 15 is 0 Å². The molecule has 1 saturated heterocycles. The highest BCUT2D eigenvalue weighted by molar-refractivity contribution is 5.43. The molecule has 1 aliphatic rings. The monoisotopic (exact) mass is 335 g/mol. The van der Waals surface area contributed by atoms with Gasteiger partial charge in [0.05, 0.1) is 6.61 Å². The van der Waals surface area contributed by atoms with Crippen LogP contribution >= 0.6 is 0 Å². The molecule has 0 aliphatic carbocycles. The summed E-state index contributed by atoms with van der Waals surface area (Å²) in [4.78, 5) is 5.02. The number of rotatable bonds is 8. The maximum atomic E-state index is 10.0. The van der Waals surface area contributed by atoms with Crippen molar-refractivity contribution in [3.05, 3.63) is 23.8 Å². The average molecular weight is 335 g/mol. The van der Waals surface area contributed by atoms with Gasteiger partial charge in [0.15, 0.2) is 11.5 Å². The van der Waals surface area contributed by atoms with Crippen LogP contribution in [-0.4, -0.2) is 66.8 Å². The molecule has 5 heteroatoms. The van der Waals surface area contributed by atoms with Crippen molar-refractivity contribution < 1.29 is 9.84 Å². The normalized spacial score (nSPS) is 20.3. The zero-order chi connectivity index (χ0) is 17.5. The van der Waals surface area contributed by atoms with E-state index in [0.29, 0.717) is 24.4 Å². The fourth-order valence-corrected chi connectivity index (χ4v) is 3.41. The number of phenols is 1. The Balaban J connectivity index is 2.28. The molecule has 1 fully saturated rings. The van der Waals surface area contributed by atoms with Crippen LogP contribution in [0.2, 0.25) is 0 Å². The second-order valence-electron chi connectivity index (χ2n) is 6.51. The quantitative estimate of drug-likeness (QED) is 0.764. The molecule has 0 bridgehead atoms. The molecule has 1 aromatic carbocycles. The summed E-state index contributed by atoms with van der Waals surface area (Å²) in [7, 11) is 0. The zero-order valence-corrected chi connectivity index (χ0v) is 15.6. The Kier molecular flexibility index (Phi) is 7.34. The fourth-order valence-electron chi connectivity index (χ4n) is 3.41. The van der Waals surface area contributed by atoms with Crippen LogP contribution in [0, 0.1) is 0 Å². The highest BCUT2D eigenvalue weighted by atomic mass is 16.5. The molecule has 5 nitrogen and oxygen atoms in total. The smallest absolute Gasteiger partial charge is 0.161 e. The van der Waals surface area contributed by atoms with Gasteiger partial charge in [0.1, 0.15) is 0 Å². The Hall–Kier alpha value is -1.30. The van der Waals surface area contributed by atoms with Crippen LogP contribution in [0.3, 0.4) is 0 Å². The number of ether oxygens (including phenoxy) is 1. The van der Waals surface area contributed by atoms with Gasteiger partial charge in [-0.15, -0.1) is 0 Å². The molecule has 0 spiro atoms. The Morgan fingerprint density at radius 1 is 1.33 bits per heavy atom. The fraction of sp³-hybridized carbons (Fsp3) is 0.684. The van der Waals surface area contributed by atoms with E-state index in [-0.39, 0.29) is 5.75 Å². The van der Waals surface area contributed by atoms with Crippen LogP contribution in [0.15, 0.2) is 18.2 Å². The third kappa shape index (κ3) is 4.85. The number of hydrogen-bond donors (Lipinski definition) is 2. The molecule has 1 heterocycles. The minimum absolute atomic E-state index is 0.218. The van der Waals surface area contributed by atoms with Gasteiger partial charge in [0, 0.05) is 38.3 Å². The van der Waals surface area contributed by atoms with Gasteiger partial charge in [0.25, 0.3) is 0 Å². The SMILES string of the molecule is CCOc1cc(C(CN(CC)CC)N2CCNC(C)C2)ccc1O. The van der Waals surface area contributed by atoms with Crippen molar-refractivity contribution in [3.8, 4) is 11.5 Å². The molecule has 2 atom stereocenters. The molecule has 0 saturated carbocycles. The van der Waals surface area contributed by atoms with Crippen molar-refractivity contribution in [1.29, 1.82) is 0 Å². The van der Waals surface area contributed by atoms with E-state index in [9.17, 15) is 5.11 Å². The molecular formula is C19H33N3O2. The molecule has 1 aromatic rings. The largest absolute Gasteiger partial charge is 0.504 e. The molecular weight excluding hydrogens is 302 g/mol. The lowest BCUT2D eigenvalue weighted by Crippen LogP contribution is -2.52. The lowest BCUT2D eigenvalue weighted by atomic mass is 10.0. The molecule has 136 valence electrons. The van der Waals surface area contributed by atoms with Crippen molar-refractivity contribution in [2.24, 2.45) is 0 Å². The highest BCUT2D eigenvalue weighted by Gasteiger charge is 2.27. The predicted octanol–water partition coefficient (Wildman–Crippen LogP) is 2.47. The predicted molar refractivity (Wildman–Crippen MR) is 98.8 cm³/mol. The third-order valence-corrected chi connectivity index (χ3v) is 4.84. The number of piperazine rings is 1. The summed E-state index contributed by atoms with van der Waals surface area (Å²) in [6.45, 7) is 15.4. The summed E-state index contributed by atoms with van der Waals surface area (Å²) >= 11 is 0. The second-order valence-corrected chi connectivity index (χ2v) is 6.51. The molecule has 1 aliphatic heterocycles. The number of likely N-dealkylation sites (N-methyl/N-ethyl adjacent to an activating group) is 1. The maximum Gasteiger partial charge on any atom is 0.161 e. The minimum atomic E-state index is 0.218. The van der Waals surface area contributed by atoms with Gasteiger partial charge in [-0.05, 0) is 44.6 Å². The molecule has 2 rings (SSSR count). The Labute approximate surface area is 146 Å². The van der Waals surface area contributed by atoms with Crippen molar-refractivity contribution in [1.82, 2.24) is 15.1 Å². The van der Waals surface area contributed by atoms with E-state index < -0.39 is 0 Å². The van der Waals surface area contributed by atoms with Crippen LogP contribution in [0.25, 0.3) is 0 Å². The van der Waals surface area contributed by atoms with Crippen LogP contribution in [0.4, 0.5) is 0 Å². The molecule has 2 unspecified atom stereocenters. The molecule has 0 amide bonds. The van der Waals surface area contributed by atoms with E-state index in [1.54, 1.807) is 6.07 Å². The van der Waals surface area contributed by atoms with E-state index in [0.717, 1.165) is 39.3 Å². The molecule has 0 aromatic heterocycles. The number of aromatic hydroxyl groups is 1. The summed E-state index contributed by atoms with van der Waals surface area (Å²) in [6, 6.07) is 6.63. The summed E-state index contributed by atoms with van der Waals surface area (Å²) in [5, 5.41) is 13.5. The van der Waals surface area contributed by atoms with Crippen molar-refractivity contribution in [2.75, 3.05) is 45.9 Å². The zero-order valence-electron chi connectivity index (χ0n) is 15.6. The summed E-state index contributed by atoms with van der Waals surface area (Å²) in [5.41, 5.74) is 1.22. The van der Waals surface area contributed by atoms with Gasteiger partial charge in [-0.3, -0.25) is 4.90 Å². The van der Waals surface area contributed by atoms with Gasteiger partial charge in [-0.2, -0.15) is 0 Å². The first kappa shape index (κ1) is 19.0. The standard InChI is InChI=1S/C19H33N3O2/c1-5-21(6-2)14-17(22-11-10-20-15(4)13-22)16-8-9-18(23)19(12-16)24-7-3/h8-9,12,15,17,20,23H,5-7,10-11,13-14H2,1-4H3. The number of benzene rings is 1. The summed E-state index contributed by atoms with van der Waals surface area (Å²) in [5.74, 6) is 0.804. The lowest BCUT2D eigenvalue weighted by molar-refractivity contribution is 0.112. The van der Waals surface area contributed by atoms with Crippen molar-refractivity contribution in [2.45, 2.75) is 39.8 Å². The Morgan fingerprint density at radius 2 is 2.08 bits per heavy atom. The summed E-state index contributed by atoms with van der Waals surface area (Å²) < 4.78 is 5.60. The topological polar surface area (TPSA) is 48.0 Å². The van der Waals surface area contributed by atoms with Gasteiger partial charge < -0.3 is 20.1 Å². The highest BCUT2D eigenvalue weighted by Crippen LogP contribution is 2.32. The number of hydrogen-bond acceptors (Lipinski definition) is 5. The van der Waals surface area contributed by atoms with Crippen LogP contribution < -0.4 is 10.1 Å². The summed E-state index contributed by atoms with van der Waals surface area (Å²) in [6.07, 6.45) is 0. The molecule has 2 N–H and O–H groups in total. The van der Waals surface area contributed by atoms with Gasteiger partial charge >= 0.3 is 0 Å². The van der Waals surface area contributed by atoms with E-state index in [2.05, 4.69) is 35.9 Å². The van der Waals surface area contributed by atoms with E-state index in [1.165, 1.54) is 5.56 Å². The first-order valence-electron chi connectivity index (χ1n) is 9.24. The van der Waals surface area contributed by atoms with E-state index in [4.69, 9.17) is 4.74 Å². The van der Waals surface area contributed by atoms with Gasteiger partial charge in [-0.1, -0.05) is 19.9 Å². The molecule has 24 heavy (non-hydrogen) atoms. The Bertz CT molecular complexity index is 505. The first-order chi connectivity index (χ1) is 11.6. The lowest BCUT2D eigenvalue weighted by Gasteiger charge is -2.40. The van der Waals surface area contributed by atoms with Crippen molar-refractivity contribution in [3.63, 3.8) is 0 Å². The minimum Gasteiger partial charge on any atom is -0.504 e. The molecule has 0 radical (unpaired) electrons. The van der Waals surface area contributed by atoms with Gasteiger partial charge in [-0.25, -0.2) is 0 Å². The Morgan fingerprint density at radius 3 is 2.71 bits per heavy atom. The average Bonchev–Trinajstić information content (AvgIpc) is 2.58. The van der Waals surface area contributed by atoms with E-state index in [1.807, 2.05) is 19.1 Å². The second kappa shape index (κ2) is 9.25. The first-order valence-corrected chi connectivity index (χ1v) is 9.24. The van der Waals surface area contributed by atoms with Crippen LogP contribution in [0.1, 0.15) is 39.3 Å². The van der Waals surface area contributed by atoms with Crippen LogP contribution in [0.5, 0.6) is 11.5 Å². The third-order valence-electron chi connectivity index (χ3n) is 4.84. The number of nitrogens with zero attached hydrogens (tertiary/aromatic N) is 2. The maximum absolute atomic E-state index is 10.0. The number of nitrogens with one attached hydrogen (secondary N) is 1. The number of phenolic OH excluding ortho intramolecular Hbond substituents is 1.